The van der Waals surface area contributed by atoms with Crippen LogP contribution >= 0.6 is 34.7 Å². The second-order valence-corrected chi connectivity index (χ2v) is 8.35. The number of benzene rings is 1. The summed E-state index contributed by atoms with van der Waals surface area (Å²) in [6.07, 6.45) is 1.87. The molecule has 0 atom stereocenters. The van der Waals surface area contributed by atoms with Gasteiger partial charge in [-0.2, -0.15) is 0 Å². The van der Waals surface area contributed by atoms with E-state index < -0.39 is 0 Å². The fraction of sp³-hybridized carbons (Fsp3) is 0.278. The molecule has 0 saturated carbocycles. The molecule has 3 heterocycles. The third kappa shape index (κ3) is 3.51. The molecule has 2 aromatic heterocycles. The summed E-state index contributed by atoms with van der Waals surface area (Å²) in [4.78, 5) is 16.2. The molecule has 1 aliphatic heterocycles. The number of hydrogen-bond acceptors (Lipinski definition) is 6. The Morgan fingerprint density at radius 3 is 2.77 bits per heavy atom. The van der Waals surface area contributed by atoms with Gasteiger partial charge >= 0.3 is 0 Å². The van der Waals surface area contributed by atoms with Crippen molar-refractivity contribution < 1.29 is 0 Å². The maximum absolute atomic E-state index is 6.06. The summed E-state index contributed by atoms with van der Waals surface area (Å²) in [5.74, 6) is 1.75. The summed E-state index contributed by atoms with van der Waals surface area (Å²) in [6, 6.07) is 7.85. The first-order valence-electron chi connectivity index (χ1n) is 8.33. The molecular formula is C18H18ClN5S2. The van der Waals surface area contributed by atoms with Gasteiger partial charge in [-0.05, 0) is 38.1 Å². The maximum atomic E-state index is 6.06. The van der Waals surface area contributed by atoms with E-state index in [2.05, 4.69) is 31.7 Å². The lowest BCUT2D eigenvalue weighted by Crippen LogP contribution is -2.31. The first-order valence-corrected chi connectivity index (χ1v) is 10.6. The van der Waals surface area contributed by atoms with E-state index in [1.54, 1.807) is 23.1 Å². The zero-order chi connectivity index (χ0) is 18.1. The number of aliphatic imine (C=N–C) groups is 1. The molecule has 5 nitrogen and oxygen atoms in total. The summed E-state index contributed by atoms with van der Waals surface area (Å²) >= 11 is 9.44. The number of imidazole rings is 1. The fourth-order valence-corrected chi connectivity index (χ4v) is 4.55. The molecule has 0 radical (unpaired) electrons. The van der Waals surface area contributed by atoms with Crippen LogP contribution in [-0.2, 0) is 18.8 Å². The van der Waals surface area contributed by atoms with E-state index in [-0.39, 0.29) is 0 Å². The zero-order valence-corrected chi connectivity index (χ0v) is 16.9. The minimum atomic E-state index is 0.700. The van der Waals surface area contributed by atoms with Gasteiger partial charge in [0.2, 0.25) is 0 Å². The van der Waals surface area contributed by atoms with Gasteiger partial charge in [0.1, 0.15) is 5.69 Å². The van der Waals surface area contributed by atoms with Crippen molar-refractivity contribution in [2.45, 2.75) is 32.7 Å². The molecule has 0 N–H and O–H groups in total. The van der Waals surface area contributed by atoms with Crippen molar-refractivity contribution in [1.29, 1.82) is 0 Å². The van der Waals surface area contributed by atoms with Crippen LogP contribution in [0.3, 0.4) is 0 Å². The van der Waals surface area contributed by atoms with E-state index in [0.29, 0.717) is 6.54 Å². The number of thioether (sulfide) groups is 1. The molecule has 0 unspecified atom stereocenters. The number of aromatic nitrogens is 3. The first-order chi connectivity index (χ1) is 12.6. The zero-order valence-electron chi connectivity index (χ0n) is 14.5. The second-order valence-electron chi connectivity index (χ2n) is 5.90. The molecule has 0 spiro atoms. The number of anilines is 1. The summed E-state index contributed by atoms with van der Waals surface area (Å²) < 4.78 is 2.09. The lowest BCUT2D eigenvalue weighted by Gasteiger charge is -2.28. The Morgan fingerprint density at radius 1 is 1.27 bits per heavy atom. The monoisotopic (exact) mass is 403 g/mol. The number of halogens is 1. The number of fused-ring (bicyclic) bond motifs is 1. The molecule has 134 valence electrons. The van der Waals surface area contributed by atoms with Crippen molar-refractivity contribution in [2.75, 3.05) is 4.90 Å². The Hall–Kier alpha value is -1.83. The van der Waals surface area contributed by atoms with Crippen LogP contribution < -0.4 is 4.90 Å². The second kappa shape index (κ2) is 7.42. The van der Waals surface area contributed by atoms with E-state index in [0.717, 1.165) is 50.4 Å². The van der Waals surface area contributed by atoms with E-state index in [4.69, 9.17) is 16.6 Å². The smallest absolute Gasteiger partial charge is 0.171 e. The summed E-state index contributed by atoms with van der Waals surface area (Å²) in [7, 11) is 0. The topological polar surface area (TPSA) is 46.3 Å². The van der Waals surface area contributed by atoms with Gasteiger partial charge in [0.05, 0.1) is 23.6 Å². The summed E-state index contributed by atoms with van der Waals surface area (Å²) in [5, 5.41) is 4.89. The van der Waals surface area contributed by atoms with Gasteiger partial charge in [-0.25, -0.2) is 15.0 Å². The van der Waals surface area contributed by atoms with Crippen molar-refractivity contribution in [3.05, 3.63) is 57.4 Å². The van der Waals surface area contributed by atoms with E-state index in [1.807, 2.05) is 37.5 Å². The highest BCUT2D eigenvalue weighted by atomic mass is 35.5. The predicted octanol–water partition coefficient (Wildman–Crippen LogP) is 5.26. The Bertz CT molecular complexity index is 945. The average Bonchev–Trinajstić information content (AvgIpc) is 3.25. The van der Waals surface area contributed by atoms with Gasteiger partial charge in [0, 0.05) is 28.4 Å². The fourth-order valence-electron chi connectivity index (χ4n) is 2.80. The summed E-state index contributed by atoms with van der Waals surface area (Å²) in [6.45, 7) is 5.69. The molecular weight excluding hydrogens is 386 g/mol. The van der Waals surface area contributed by atoms with Gasteiger partial charge in [0.25, 0.3) is 0 Å². The molecule has 26 heavy (non-hydrogen) atoms. The normalized spacial score (nSPS) is 13.7. The minimum Gasteiger partial charge on any atom is -0.316 e. The number of aryl methyl sites for hydroxylation is 2. The number of nitrogens with zero attached hydrogens (tertiary/aromatic N) is 5. The molecule has 8 heteroatoms. The molecule has 0 saturated heterocycles. The van der Waals surface area contributed by atoms with Gasteiger partial charge in [-0.3, -0.25) is 0 Å². The number of rotatable bonds is 4. The summed E-state index contributed by atoms with van der Waals surface area (Å²) in [5.41, 5.74) is 3.15. The van der Waals surface area contributed by atoms with Crippen molar-refractivity contribution in [3.63, 3.8) is 0 Å². The van der Waals surface area contributed by atoms with Gasteiger partial charge < -0.3 is 9.47 Å². The van der Waals surface area contributed by atoms with E-state index in [1.165, 1.54) is 0 Å². The average molecular weight is 404 g/mol. The van der Waals surface area contributed by atoms with Gasteiger partial charge in [-0.15, -0.1) is 11.3 Å². The Kier molecular flexibility index (Phi) is 5.02. The van der Waals surface area contributed by atoms with Crippen molar-refractivity contribution in [3.8, 4) is 0 Å². The molecule has 1 aromatic carbocycles. The molecule has 0 bridgehead atoms. The number of thiazole rings is 1. The van der Waals surface area contributed by atoms with E-state index >= 15 is 0 Å². The molecule has 4 rings (SSSR count). The van der Waals surface area contributed by atoms with Crippen LogP contribution in [0.4, 0.5) is 11.5 Å². The van der Waals surface area contributed by atoms with Crippen LogP contribution in [0.1, 0.15) is 23.3 Å². The van der Waals surface area contributed by atoms with Crippen LogP contribution in [0.15, 0.2) is 41.0 Å². The molecule has 0 fully saturated rings. The largest absolute Gasteiger partial charge is 0.316 e. The Labute approximate surface area is 165 Å². The quantitative estimate of drug-likeness (QED) is 0.595. The van der Waals surface area contributed by atoms with Crippen LogP contribution in [0.2, 0.25) is 5.02 Å². The highest BCUT2D eigenvalue weighted by Crippen LogP contribution is 2.33. The van der Waals surface area contributed by atoms with Gasteiger partial charge in [0.15, 0.2) is 11.0 Å². The third-order valence-corrected chi connectivity index (χ3v) is 6.20. The molecule has 1 aliphatic rings. The van der Waals surface area contributed by atoms with E-state index in [9.17, 15) is 0 Å². The van der Waals surface area contributed by atoms with Crippen LogP contribution in [0.5, 0.6) is 0 Å². The van der Waals surface area contributed by atoms with Crippen molar-refractivity contribution in [2.24, 2.45) is 4.99 Å². The van der Waals surface area contributed by atoms with Crippen molar-refractivity contribution >= 4 is 51.4 Å². The SMILES string of the molecule is CCn1cnc2c1N=C(SCc1csc(C)n1)N(c1ccc(Cl)cc1)C2. The molecule has 0 amide bonds. The lowest BCUT2D eigenvalue weighted by atomic mass is 10.2. The highest BCUT2D eigenvalue weighted by Gasteiger charge is 2.25. The van der Waals surface area contributed by atoms with Crippen LogP contribution in [0, 0.1) is 6.92 Å². The lowest BCUT2D eigenvalue weighted by molar-refractivity contribution is 0.761. The first kappa shape index (κ1) is 17.6. The van der Waals surface area contributed by atoms with Crippen LogP contribution in [0.25, 0.3) is 0 Å². The van der Waals surface area contributed by atoms with Gasteiger partial charge in [-0.1, -0.05) is 23.4 Å². The molecule has 3 aromatic rings. The predicted molar refractivity (Wildman–Crippen MR) is 111 cm³/mol. The maximum Gasteiger partial charge on any atom is 0.171 e. The van der Waals surface area contributed by atoms with Crippen LogP contribution in [-0.4, -0.2) is 19.7 Å². The Balaban J connectivity index is 1.66. The Morgan fingerprint density at radius 2 is 2.08 bits per heavy atom. The number of hydrogen-bond donors (Lipinski definition) is 0. The molecule has 0 aliphatic carbocycles. The number of amidine groups is 1. The minimum absolute atomic E-state index is 0.700. The third-order valence-electron chi connectivity index (χ3n) is 4.12. The standard InChI is InChI=1S/C18H18ClN5S2/c1-3-23-11-20-16-8-24(15-6-4-13(19)5-7-15)18(22-17(16)23)26-10-14-9-25-12(2)21-14/h4-7,9,11H,3,8,10H2,1-2H3. The van der Waals surface area contributed by atoms with Crippen molar-refractivity contribution in [1.82, 2.24) is 14.5 Å². The highest BCUT2D eigenvalue weighted by molar-refractivity contribution is 8.13.